The Morgan fingerprint density at radius 1 is 1.12 bits per heavy atom. The summed E-state index contributed by atoms with van der Waals surface area (Å²) in [7, 11) is 0. The Morgan fingerprint density at radius 2 is 1.84 bits per heavy atom. The molecule has 9 heteroatoms. The van der Waals surface area contributed by atoms with E-state index in [9.17, 15) is 14.4 Å². The van der Waals surface area contributed by atoms with Gasteiger partial charge in [0.15, 0.2) is 5.69 Å². The minimum Gasteiger partial charge on any atom is -0.461 e. The molecule has 0 bridgehead atoms. The maximum Gasteiger partial charge on any atom is 0.359 e. The summed E-state index contributed by atoms with van der Waals surface area (Å²) in [5.74, 6) is -0.924. The van der Waals surface area contributed by atoms with Gasteiger partial charge in [0.1, 0.15) is 5.00 Å². The third-order valence-corrected chi connectivity index (χ3v) is 5.80. The molecule has 0 aliphatic carbocycles. The van der Waals surface area contributed by atoms with Gasteiger partial charge in [-0.25, -0.2) is 4.79 Å². The Balaban J connectivity index is 1.81. The van der Waals surface area contributed by atoms with Crippen LogP contribution < -0.4 is 10.9 Å². The molecule has 4 aromatic rings. The van der Waals surface area contributed by atoms with Gasteiger partial charge >= 0.3 is 5.97 Å². The molecule has 4 rings (SSSR count). The van der Waals surface area contributed by atoms with Crippen molar-refractivity contribution < 1.29 is 14.3 Å². The van der Waals surface area contributed by atoms with Crippen LogP contribution in [-0.2, 0) is 16.0 Å². The second-order valence-electron chi connectivity index (χ2n) is 6.83. The number of thiophene rings is 1. The van der Waals surface area contributed by atoms with E-state index in [0.29, 0.717) is 21.1 Å². The molecule has 0 aliphatic rings. The van der Waals surface area contributed by atoms with Crippen molar-refractivity contribution in [2.24, 2.45) is 0 Å². The summed E-state index contributed by atoms with van der Waals surface area (Å²) in [6.45, 7) is 1.85. The predicted molar refractivity (Wildman–Crippen MR) is 125 cm³/mol. The Kier molecular flexibility index (Phi) is 6.34. The number of amides is 1. The highest BCUT2D eigenvalue weighted by Gasteiger charge is 2.23. The number of anilines is 1. The molecule has 0 atom stereocenters. The van der Waals surface area contributed by atoms with Crippen molar-refractivity contribution in [3.8, 4) is 5.69 Å². The number of carbonyl (C=O) groups excluding carboxylic acids is 2. The molecule has 0 aliphatic heterocycles. The molecule has 0 radical (unpaired) electrons. The van der Waals surface area contributed by atoms with E-state index >= 15 is 0 Å². The Morgan fingerprint density at radius 3 is 2.53 bits per heavy atom. The number of fused-ring (bicyclic) bond motifs is 1. The number of nitrogens with one attached hydrogen (secondary N) is 1. The molecule has 7 nitrogen and oxygen atoms in total. The van der Waals surface area contributed by atoms with Crippen LogP contribution >= 0.6 is 22.9 Å². The van der Waals surface area contributed by atoms with E-state index in [2.05, 4.69) is 10.4 Å². The zero-order chi connectivity index (χ0) is 22.7. The van der Waals surface area contributed by atoms with Crippen molar-refractivity contribution in [2.75, 3.05) is 11.9 Å². The van der Waals surface area contributed by atoms with Crippen molar-refractivity contribution in [1.29, 1.82) is 0 Å². The maximum atomic E-state index is 13.3. The first kappa shape index (κ1) is 21.7. The lowest BCUT2D eigenvalue weighted by molar-refractivity contribution is -0.115. The predicted octanol–water partition coefficient (Wildman–Crippen LogP) is 4.46. The zero-order valence-corrected chi connectivity index (χ0v) is 18.6. The summed E-state index contributed by atoms with van der Waals surface area (Å²) < 4.78 is 6.25. The number of benzene rings is 2. The summed E-state index contributed by atoms with van der Waals surface area (Å²) in [5.41, 5.74) is 0.806. The molecule has 0 saturated heterocycles. The monoisotopic (exact) mass is 467 g/mol. The molecule has 2 aromatic heterocycles. The summed E-state index contributed by atoms with van der Waals surface area (Å²) in [6.07, 6.45) is 0.154. The number of halogens is 1. The number of esters is 1. The standard InChI is InChI=1S/C23H18ClN3O4S/c1-2-31-23(30)20-17-13-32-21(25-18(28)12-14-6-4-3-5-7-14)19(17)22(29)27(26-20)16-10-8-15(24)9-11-16/h3-11,13H,2,12H2,1H3,(H,25,28). The van der Waals surface area contributed by atoms with Gasteiger partial charge in [-0.3, -0.25) is 9.59 Å². The first-order valence-electron chi connectivity index (χ1n) is 9.79. The molecule has 162 valence electrons. The van der Waals surface area contributed by atoms with Gasteiger partial charge in [0.25, 0.3) is 5.56 Å². The molecule has 0 saturated carbocycles. The lowest BCUT2D eigenvalue weighted by Crippen LogP contribution is -2.25. The lowest BCUT2D eigenvalue weighted by Gasteiger charge is -2.10. The van der Waals surface area contributed by atoms with Crippen molar-refractivity contribution in [2.45, 2.75) is 13.3 Å². The van der Waals surface area contributed by atoms with Crippen LogP contribution in [0.5, 0.6) is 0 Å². The Hall–Kier alpha value is -3.49. The molecule has 32 heavy (non-hydrogen) atoms. The van der Waals surface area contributed by atoms with Gasteiger partial charge < -0.3 is 10.1 Å². The molecule has 2 aromatic carbocycles. The van der Waals surface area contributed by atoms with Crippen LogP contribution in [0, 0.1) is 0 Å². The minimum absolute atomic E-state index is 0.00351. The van der Waals surface area contributed by atoms with E-state index < -0.39 is 11.5 Å². The van der Waals surface area contributed by atoms with Crippen molar-refractivity contribution >= 4 is 50.6 Å². The summed E-state index contributed by atoms with van der Waals surface area (Å²) in [6, 6.07) is 15.8. The van der Waals surface area contributed by atoms with Crippen LogP contribution in [0.25, 0.3) is 16.5 Å². The van der Waals surface area contributed by atoms with E-state index in [-0.39, 0.29) is 30.0 Å². The molecular weight excluding hydrogens is 450 g/mol. The molecular formula is C23H18ClN3O4S. The van der Waals surface area contributed by atoms with Gasteiger partial charge in [-0.2, -0.15) is 9.78 Å². The van der Waals surface area contributed by atoms with Gasteiger partial charge in [-0.1, -0.05) is 41.9 Å². The number of nitrogens with zero attached hydrogens (tertiary/aromatic N) is 2. The van der Waals surface area contributed by atoms with E-state index in [1.807, 2.05) is 30.3 Å². The van der Waals surface area contributed by atoms with Crippen LogP contribution in [0.15, 0.2) is 64.8 Å². The third-order valence-electron chi connectivity index (χ3n) is 4.65. The van der Waals surface area contributed by atoms with Gasteiger partial charge in [-0.15, -0.1) is 11.3 Å². The van der Waals surface area contributed by atoms with Crippen LogP contribution in [0.4, 0.5) is 5.00 Å². The van der Waals surface area contributed by atoms with E-state index in [1.165, 1.54) is 0 Å². The van der Waals surface area contributed by atoms with Crippen LogP contribution in [0.2, 0.25) is 5.02 Å². The number of rotatable bonds is 6. The molecule has 1 N–H and O–H groups in total. The number of ether oxygens (including phenoxy) is 1. The summed E-state index contributed by atoms with van der Waals surface area (Å²) in [5, 5.41) is 10.1. The second-order valence-corrected chi connectivity index (χ2v) is 8.14. The fourth-order valence-electron chi connectivity index (χ4n) is 3.20. The fraction of sp³-hybridized carbons (Fsp3) is 0.130. The number of carbonyl (C=O) groups is 2. The average molecular weight is 468 g/mol. The van der Waals surface area contributed by atoms with Crippen LogP contribution in [0.1, 0.15) is 23.0 Å². The smallest absolute Gasteiger partial charge is 0.359 e. The third kappa shape index (κ3) is 4.42. The highest BCUT2D eigenvalue weighted by atomic mass is 35.5. The molecule has 0 fully saturated rings. The van der Waals surface area contributed by atoms with Gasteiger partial charge in [0.2, 0.25) is 5.91 Å². The first-order chi connectivity index (χ1) is 15.5. The number of hydrogen-bond acceptors (Lipinski definition) is 6. The Labute approximate surface area is 192 Å². The van der Waals surface area contributed by atoms with E-state index in [4.69, 9.17) is 16.3 Å². The van der Waals surface area contributed by atoms with Crippen molar-refractivity contribution in [3.05, 3.63) is 86.6 Å². The van der Waals surface area contributed by atoms with Gasteiger partial charge in [0.05, 0.1) is 24.1 Å². The fourth-order valence-corrected chi connectivity index (χ4v) is 4.28. The van der Waals surface area contributed by atoms with Crippen LogP contribution in [-0.4, -0.2) is 28.3 Å². The quantitative estimate of drug-likeness (QED) is 0.423. The first-order valence-corrected chi connectivity index (χ1v) is 11.0. The van der Waals surface area contributed by atoms with Crippen LogP contribution in [0.3, 0.4) is 0 Å². The zero-order valence-electron chi connectivity index (χ0n) is 17.0. The maximum absolute atomic E-state index is 13.3. The summed E-state index contributed by atoms with van der Waals surface area (Å²) >= 11 is 7.12. The highest BCUT2D eigenvalue weighted by molar-refractivity contribution is 7.16. The SMILES string of the molecule is CCOC(=O)c1nn(-c2ccc(Cl)cc2)c(=O)c2c(NC(=O)Cc3ccccc3)scc12. The van der Waals surface area contributed by atoms with Gasteiger partial charge in [-0.05, 0) is 36.8 Å². The lowest BCUT2D eigenvalue weighted by atomic mass is 10.1. The van der Waals surface area contributed by atoms with Crippen molar-refractivity contribution in [1.82, 2.24) is 9.78 Å². The van der Waals surface area contributed by atoms with Gasteiger partial charge in [0, 0.05) is 15.8 Å². The largest absolute Gasteiger partial charge is 0.461 e. The molecule has 2 heterocycles. The molecule has 0 spiro atoms. The second kappa shape index (κ2) is 9.33. The van der Waals surface area contributed by atoms with E-state index in [0.717, 1.165) is 21.6 Å². The Bertz CT molecular complexity index is 1350. The normalized spacial score (nSPS) is 10.8. The van der Waals surface area contributed by atoms with E-state index in [1.54, 1.807) is 36.6 Å². The number of hydrogen-bond donors (Lipinski definition) is 1. The average Bonchev–Trinajstić information content (AvgIpc) is 3.19. The molecule has 1 amide bonds. The molecule has 0 unspecified atom stereocenters. The number of aromatic nitrogens is 2. The highest BCUT2D eigenvalue weighted by Crippen LogP contribution is 2.31. The van der Waals surface area contributed by atoms with Crippen molar-refractivity contribution in [3.63, 3.8) is 0 Å². The minimum atomic E-state index is -0.653. The topological polar surface area (TPSA) is 90.3 Å². The summed E-state index contributed by atoms with van der Waals surface area (Å²) in [4.78, 5) is 38.5.